The van der Waals surface area contributed by atoms with Crippen LogP contribution in [0.15, 0.2) is 83.9 Å². The van der Waals surface area contributed by atoms with E-state index in [-0.39, 0.29) is 47.5 Å². The summed E-state index contributed by atoms with van der Waals surface area (Å²) in [7, 11) is 2.99. The van der Waals surface area contributed by atoms with Crippen LogP contribution in [0.25, 0.3) is 22.0 Å². The topological polar surface area (TPSA) is 215 Å². The number of anilines is 2. The predicted molar refractivity (Wildman–Crippen MR) is 203 cm³/mol. The number of hydrogen-bond acceptors (Lipinski definition) is 10. The van der Waals surface area contributed by atoms with Gasteiger partial charge in [0.2, 0.25) is 11.8 Å². The van der Waals surface area contributed by atoms with Crippen molar-refractivity contribution in [2.24, 2.45) is 7.05 Å². The second-order valence-electron chi connectivity index (χ2n) is 12.8. The van der Waals surface area contributed by atoms with E-state index in [1.165, 1.54) is 35.9 Å². The molecule has 0 saturated heterocycles. The first-order chi connectivity index (χ1) is 26.5. The molecule has 0 fully saturated rings. The van der Waals surface area contributed by atoms with Gasteiger partial charge in [-0.3, -0.25) is 39.0 Å². The Morgan fingerprint density at radius 3 is 2.55 bits per heavy atom. The van der Waals surface area contributed by atoms with Gasteiger partial charge in [-0.25, -0.2) is 0 Å². The zero-order valence-electron chi connectivity index (χ0n) is 29.9. The van der Waals surface area contributed by atoms with Crippen molar-refractivity contribution < 1.29 is 33.6 Å². The summed E-state index contributed by atoms with van der Waals surface area (Å²) in [5.41, 5.74) is 2.10. The largest absolute Gasteiger partial charge is 0.457 e. The van der Waals surface area contributed by atoms with E-state index >= 15 is 0 Å². The fraction of sp³-hybridized carbons (Fsp3) is 0.231. The number of H-pyrrole nitrogens is 1. The Morgan fingerprint density at radius 1 is 0.982 bits per heavy atom. The number of fused-ring (bicyclic) bond motifs is 2. The van der Waals surface area contributed by atoms with E-state index in [2.05, 4.69) is 20.9 Å². The smallest absolute Gasteiger partial charge is 0.274 e. The molecule has 3 heterocycles. The van der Waals surface area contributed by atoms with Crippen LogP contribution in [0.4, 0.5) is 17.1 Å². The summed E-state index contributed by atoms with van der Waals surface area (Å²) in [6.07, 6.45) is 5.09. The highest BCUT2D eigenvalue weighted by atomic mass is 16.6. The van der Waals surface area contributed by atoms with Crippen molar-refractivity contribution in [3.05, 3.63) is 111 Å². The Balaban J connectivity index is 1.07. The number of aromatic amines is 1. The second kappa shape index (κ2) is 16.3. The molecule has 1 atom stereocenters. The lowest BCUT2D eigenvalue weighted by atomic mass is 10.0. The van der Waals surface area contributed by atoms with Crippen LogP contribution in [0.5, 0.6) is 11.5 Å². The van der Waals surface area contributed by atoms with Crippen LogP contribution in [0.3, 0.4) is 0 Å². The van der Waals surface area contributed by atoms with Gasteiger partial charge in [0, 0.05) is 92.0 Å². The zero-order valence-corrected chi connectivity index (χ0v) is 29.9. The number of carbonyl (C=O) groups excluding carboxylic acids is 5. The lowest BCUT2D eigenvalue weighted by Gasteiger charge is -2.24. The van der Waals surface area contributed by atoms with Crippen molar-refractivity contribution in [3.63, 3.8) is 0 Å². The summed E-state index contributed by atoms with van der Waals surface area (Å²) >= 11 is 0. The van der Waals surface area contributed by atoms with Crippen LogP contribution >= 0.6 is 0 Å². The molecule has 16 nitrogen and oxygen atoms in total. The summed E-state index contributed by atoms with van der Waals surface area (Å²) in [4.78, 5) is 90.6. The number of imide groups is 1. The van der Waals surface area contributed by atoms with Crippen LogP contribution in [-0.2, 0) is 21.4 Å². The number of pyridine rings is 1. The van der Waals surface area contributed by atoms with Gasteiger partial charge in [-0.15, -0.1) is 0 Å². The molecule has 4 N–H and O–H groups in total. The Morgan fingerprint density at radius 2 is 1.78 bits per heavy atom. The summed E-state index contributed by atoms with van der Waals surface area (Å²) < 4.78 is 7.60. The number of aromatic nitrogens is 2. The van der Waals surface area contributed by atoms with E-state index in [4.69, 9.17) is 4.74 Å². The maximum atomic E-state index is 13.4. The van der Waals surface area contributed by atoms with E-state index < -0.39 is 28.7 Å². The van der Waals surface area contributed by atoms with Gasteiger partial charge in [0.15, 0.2) is 0 Å². The SMILES string of the molecule is CNC(=O)C(CCC=O)N1C(=O)c2cccc(NCCCCC(=O)Nc3cccc(Oc4ccc([N+](=O)[O-])cc4-c4cn(C)c(=O)c5[nH]ccc45)c3)c2C1=O. The lowest BCUT2D eigenvalue weighted by Crippen LogP contribution is -2.48. The highest BCUT2D eigenvalue weighted by Crippen LogP contribution is 2.39. The van der Waals surface area contributed by atoms with Crippen LogP contribution < -0.4 is 26.2 Å². The number of hydrogen-bond donors (Lipinski definition) is 4. The molecule has 55 heavy (non-hydrogen) atoms. The maximum Gasteiger partial charge on any atom is 0.274 e. The number of rotatable bonds is 16. The highest BCUT2D eigenvalue weighted by Gasteiger charge is 2.43. The first-order valence-electron chi connectivity index (χ1n) is 17.5. The fourth-order valence-corrected chi connectivity index (χ4v) is 6.54. The molecular weight excluding hydrogens is 710 g/mol. The van der Waals surface area contributed by atoms with Crippen molar-refractivity contribution in [2.75, 3.05) is 24.2 Å². The first kappa shape index (κ1) is 37.7. The molecule has 6 rings (SSSR count). The van der Waals surface area contributed by atoms with Gasteiger partial charge >= 0.3 is 0 Å². The van der Waals surface area contributed by atoms with Crippen LogP contribution in [0.2, 0.25) is 0 Å². The van der Waals surface area contributed by atoms with E-state index in [1.807, 2.05) is 0 Å². The van der Waals surface area contributed by atoms with Crippen LogP contribution in [-0.4, -0.2) is 68.9 Å². The maximum absolute atomic E-state index is 13.4. The van der Waals surface area contributed by atoms with E-state index in [0.717, 1.165) is 4.90 Å². The van der Waals surface area contributed by atoms with Gasteiger partial charge < -0.3 is 35.0 Å². The number of nitrogens with one attached hydrogen (secondary N) is 4. The number of nitrogens with zero attached hydrogens (tertiary/aromatic N) is 3. The molecule has 1 aliphatic heterocycles. The van der Waals surface area contributed by atoms with Crippen molar-refractivity contribution >= 4 is 57.9 Å². The van der Waals surface area contributed by atoms with Gasteiger partial charge in [-0.05, 0) is 55.7 Å². The normalized spacial score (nSPS) is 12.7. The molecular formula is C39H37N7O9. The minimum atomic E-state index is -1.12. The highest BCUT2D eigenvalue weighted by molar-refractivity contribution is 6.25. The Kier molecular flexibility index (Phi) is 11.1. The molecule has 3 aromatic carbocycles. The number of benzene rings is 3. The van der Waals surface area contributed by atoms with Crippen molar-refractivity contribution in [1.29, 1.82) is 0 Å². The fourth-order valence-electron chi connectivity index (χ4n) is 6.54. The molecule has 282 valence electrons. The van der Waals surface area contributed by atoms with Crippen molar-refractivity contribution in [2.45, 2.75) is 38.1 Å². The number of ether oxygens (including phenoxy) is 1. The third-order valence-corrected chi connectivity index (χ3v) is 9.21. The molecule has 0 aliphatic carbocycles. The van der Waals surface area contributed by atoms with Gasteiger partial charge in [0.05, 0.1) is 16.1 Å². The monoisotopic (exact) mass is 747 g/mol. The number of aldehydes is 1. The molecule has 1 aliphatic rings. The number of likely N-dealkylation sites (N-methyl/N-ethyl adjacent to an activating group) is 1. The minimum absolute atomic E-state index is 0.00372. The Hall–Kier alpha value is -7.10. The van der Waals surface area contributed by atoms with E-state index in [0.29, 0.717) is 70.6 Å². The first-order valence-corrected chi connectivity index (χ1v) is 17.5. The van der Waals surface area contributed by atoms with Crippen molar-refractivity contribution in [3.8, 4) is 22.6 Å². The number of unbranched alkanes of at least 4 members (excludes halogenated alkanes) is 1. The number of nitro benzene ring substituents is 1. The Labute approximate surface area is 313 Å². The van der Waals surface area contributed by atoms with Crippen LogP contribution in [0, 0.1) is 10.1 Å². The molecule has 0 bridgehead atoms. The molecule has 1 unspecified atom stereocenters. The average molecular weight is 748 g/mol. The number of carbonyl (C=O) groups is 5. The van der Waals surface area contributed by atoms with Gasteiger partial charge in [0.1, 0.15) is 29.3 Å². The number of nitro groups is 1. The summed E-state index contributed by atoms with van der Waals surface area (Å²) in [6.45, 7) is 0.390. The van der Waals surface area contributed by atoms with Crippen LogP contribution in [0.1, 0.15) is 52.8 Å². The van der Waals surface area contributed by atoms with E-state index in [1.54, 1.807) is 61.9 Å². The quantitative estimate of drug-likeness (QED) is 0.0343. The average Bonchev–Trinajstić information content (AvgIpc) is 3.77. The summed E-state index contributed by atoms with van der Waals surface area (Å²) in [5.74, 6) is -1.36. The molecule has 0 spiro atoms. The molecule has 16 heteroatoms. The molecule has 0 saturated carbocycles. The number of non-ortho nitro benzene ring substituents is 1. The molecule has 4 amide bonds. The predicted octanol–water partition coefficient (Wildman–Crippen LogP) is 5.14. The second-order valence-corrected chi connectivity index (χ2v) is 12.8. The summed E-state index contributed by atoms with van der Waals surface area (Å²) in [6, 6.07) is 16.3. The van der Waals surface area contributed by atoms with Crippen molar-refractivity contribution in [1.82, 2.24) is 19.8 Å². The third kappa shape index (κ3) is 7.83. The molecule has 2 aromatic heterocycles. The summed E-state index contributed by atoms with van der Waals surface area (Å²) in [5, 5.41) is 20.7. The Bertz CT molecular complexity index is 2400. The van der Waals surface area contributed by atoms with Gasteiger partial charge in [-0.1, -0.05) is 12.1 Å². The lowest BCUT2D eigenvalue weighted by molar-refractivity contribution is -0.384. The van der Waals surface area contributed by atoms with Gasteiger partial charge in [-0.2, -0.15) is 0 Å². The zero-order chi connectivity index (χ0) is 39.2. The molecule has 0 radical (unpaired) electrons. The number of aryl methyl sites for hydroxylation is 1. The standard InChI is InChI=1S/C39H37N7O9/c1-40-36(49)31(12-7-19-47)45-37(50)27-10-6-11-30(34(27)38(45)51)41-17-4-3-13-33(48)43-23-8-5-9-25(20-23)55-32-15-14-24(46(53)54)21-28(32)29-22-44(2)39(52)35-26(29)16-18-42-35/h5-6,8-11,14-16,18-22,31,41-42H,3-4,7,12-13,17H2,1-2H3,(H,40,49)(H,43,48). The number of amides is 4. The molecule has 5 aromatic rings. The minimum Gasteiger partial charge on any atom is -0.457 e. The van der Waals surface area contributed by atoms with E-state index in [9.17, 15) is 38.9 Å². The van der Waals surface area contributed by atoms with Gasteiger partial charge in [0.25, 0.3) is 23.1 Å². The third-order valence-electron chi connectivity index (χ3n) is 9.21.